The molecule has 1 aliphatic rings. The SMILES string of the molecule is CCc1ccc(C2CCC(c3ccc4cc(F)c(F)cc4c3)CC2)c(F)c1. The average Bonchev–Trinajstić information content (AvgIpc) is 2.68. The number of hydrogen-bond acceptors (Lipinski definition) is 0. The van der Waals surface area contributed by atoms with Crippen molar-refractivity contribution in [2.75, 3.05) is 0 Å². The quantitative estimate of drug-likeness (QED) is 0.456. The number of benzene rings is 3. The molecule has 3 aromatic carbocycles. The van der Waals surface area contributed by atoms with Crippen LogP contribution in [0.15, 0.2) is 48.5 Å². The highest BCUT2D eigenvalue weighted by atomic mass is 19.2. The maximum absolute atomic E-state index is 14.4. The third-order valence-corrected chi connectivity index (χ3v) is 6.01. The first kappa shape index (κ1) is 18.1. The number of aryl methyl sites for hydroxylation is 1. The Morgan fingerprint density at radius 2 is 1.37 bits per heavy atom. The van der Waals surface area contributed by atoms with Crippen molar-refractivity contribution in [2.45, 2.75) is 50.9 Å². The summed E-state index contributed by atoms with van der Waals surface area (Å²) in [5.74, 6) is -1.06. The topological polar surface area (TPSA) is 0 Å². The summed E-state index contributed by atoms with van der Waals surface area (Å²) >= 11 is 0. The molecule has 140 valence electrons. The van der Waals surface area contributed by atoms with Crippen LogP contribution < -0.4 is 0 Å². The number of hydrogen-bond donors (Lipinski definition) is 0. The van der Waals surface area contributed by atoms with Gasteiger partial charge in [-0.2, -0.15) is 0 Å². The van der Waals surface area contributed by atoms with Gasteiger partial charge < -0.3 is 0 Å². The predicted molar refractivity (Wildman–Crippen MR) is 104 cm³/mol. The van der Waals surface area contributed by atoms with Crippen LogP contribution in [0.3, 0.4) is 0 Å². The Bertz CT molecular complexity index is 969. The highest BCUT2D eigenvalue weighted by Gasteiger charge is 2.25. The number of rotatable bonds is 3. The van der Waals surface area contributed by atoms with Gasteiger partial charge in [0.05, 0.1) is 0 Å². The van der Waals surface area contributed by atoms with Gasteiger partial charge in [-0.15, -0.1) is 0 Å². The first-order valence-electron chi connectivity index (χ1n) is 9.72. The second-order valence-electron chi connectivity index (χ2n) is 7.63. The molecule has 1 saturated carbocycles. The minimum atomic E-state index is -0.813. The van der Waals surface area contributed by atoms with Crippen LogP contribution in [0, 0.1) is 17.5 Å². The lowest BCUT2D eigenvalue weighted by molar-refractivity contribution is 0.387. The lowest BCUT2D eigenvalue weighted by Gasteiger charge is -2.29. The van der Waals surface area contributed by atoms with Crippen LogP contribution in [0.25, 0.3) is 10.8 Å². The Hall–Kier alpha value is -2.29. The molecule has 1 fully saturated rings. The minimum Gasteiger partial charge on any atom is -0.207 e. The van der Waals surface area contributed by atoms with Crippen molar-refractivity contribution >= 4 is 10.8 Å². The Labute approximate surface area is 158 Å². The van der Waals surface area contributed by atoms with E-state index in [9.17, 15) is 13.2 Å². The minimum absolute atomic E-state index is 0.0824. The van der Waals surface area contributed by atoms with Crippen LogP contribution in [0.2, 0.25) is 0 Å². The molecular formula is C24H23F3. The normalized spacial score (nSPS) is 20.1. The van der Waals surface area contributed by atoms with E-state index in [1.165, 1.54) is 12.1 Å². The van der Waals surface area contributed by atoms with Gasteiger partial charge in [0.2, 0.25) is 0 Å². The fraction of sp³-hybridized carbons (Fsp3) is 0.333. The molecule has 1 aliphatic carbocycles. The van der Waals surface area contributed by atoms with Gasteiger partial charge in [-0.1, -0.05) is 37.3 Å². The van der Waals surface area contributed by atoms with Crippen LogP contribution in [0.4, 0.5) is 13.2 Å². The molecule has 0 bridgehead atoms. The highest BCUT2D eigenvalue weighted by molar-refractivity contribution is 5.83. The van der Waals surface area contributed by atoms with Crippen molar-refractivity contribution in [1.82, 2.24) is 0 Å². The molecule has 0 amide bonds. The van der Waals surface area contributed by atoms with E-state index in [2.05, 4.69) is 0 Å². The van der Waals surface area contributed by atoms with Crippen molar-refractivity contribution in [1.29, 1.82) is 0 Å². The Kier molecular flexibility index (Phi) is 4.94. The summed E-state index contributed by atoms with van der Waals surface area (Å²) < 4.78 is 41.3. The van der Waals surface area contributed by atoms with E-state index in [4.69, 9.17) is 0 Å². The number of halogens is 3. The Morgan fingerprint density at radius 3 is 2.04 bits per heavy atom. The molecule has 0 saturated heterocycles. The smallest absolute Gasteiger partial charge is 0.159 e. The fourth-order valence-electron chi connectivity index (χ4n) is 4.37. The van der Waals surface area contributed by atoms with Crippen LogP contribution >= 0.6 is 0 Å². The summed E-state index contributed by atoms with van der Waals surface area (Å²) in [6.45, 7) is 2.03. The first-order valence-corrected chi connectivity index (χ1v) is 9.72. The lowest BCUT2D eigenvalue weighted by Crippen LogP contribution is -2.13. The lowest BCUT2D eigenvalue weighted by atomic mass is 9.75. The van der Waals surface area contributed by atoms with E-state index in [0.29, 0.717) is 11.3 Å². The van der Waals surface area contributed by atoms with Crippen LogP contribution in [-0.2, 0) is 6.42 Å². The van der Waals surface area contributed by atoms with Gasteiger partial charge in [0.15, 0.2) is 11.6 Å². The van der Waals surface area contributed by atoms with Gasteiger partial charge in [0.25, 0.3) is 0 Å². The summed E-state index contributed by atoms with van der Waals surface area (Å²) in [5, 5.41) is 1.44. The molecule has 3 aromatic rings. The van der Waals surface area contributed by atoms with Crippen LogP contribution in [-0.4, -0.2) is 0 Å². The first-order chi connectivity index (χ1) is 13.0. The summed E-state index contributed by atoms with van der Waals surface area (Å²) in [7, 11) is 0. The van der Waals surface area contributed by atoms with Crippen molar-refractivity contribution in [3.05, 3.63) is 82.7 Å². The molecule has 0 N–H and O–H groups in total. The fourth-order valence-corrected chi connectivity index (χ4v) is 4.37. The van der Waals surface area contributed by atoms with Crippen LogP contribution in [0.1, 0.15) is 61.1 Å². The van der Waals surface area contributed by atoms with Gasteiger partial charge in [-0.25, -0.2) is 13.2 Å². The Morgan fingerprint density at radius 1 is 0.704 bits per heavy atom. The second-order valence-corrected chi connectivity index (χ2v) is 7.63. The highest BCUT2D eigenvalue weighted by Crippen LogP contribution is 2.41. The molecule has 4 rings (SSSR count). The van der Waals surface area contributed by atoms with E-state index < -0.39 is 11.6 Å². The molecule has 0 unspecified atom stereocenters. The molecule has 0 nitrogen and oxygen atoms in total. The van der Waals surface area contributed by atoms with E-state index in [1.807, 2.05) is 37.3 Å². The Balaban J connectivity index is 1.50. The maximum Gasteiger partial charge on any atom is 0.159 e. The molecule has 0 aliphatic heterocycles. The van der Waals surface area contributed by atoms with E-state index >= 15 is 0 Å². The average molecular weight is 368 g/mol. The van der Waals surface area contributed by atoms with Crippen LogP contribution in [0.5, 0.6) is 0 Å². The second kappa shape index (κ2) is 7.38. The van der Waals surface area contributed by atoms with Crippen molar-refractivity contribution in [3.8, 4) is 0 Å². The monoisotopic (exact) mass is 368 g/mol. The predicted octanol–water partition coefficient (Wildman–Crippen LogP) is 7.26. The standard InChI is InChI=1S/C24H23F3/c1-2-15-3-10-21(22(25)11-15)17-6-4-16(5-7-17)18-8-9-19-13-23(26)24(27)14-20(19)12-18/h3,8-14,16-17H,2,4-7H2,1H3. The van der Waals surface area contributed by atoms with E-state index in [1.54, 1.807) is 6.07 Å². The third kappa shape index (κ3) is 3.60. The molecule has 0 spiro atoms. The molecular weight excluding hydrogens is 345 g/mol. The third-order valence-electron chi connectivity index (χ3n) is 6.01. The van der Waals surface area contributed by atoms with Gasteiger partial charge in [-0.05, 0) is 89.6 Å². The maximum atomic E-state index is 14.4. The summed E-state index contributed by atoms with van der Waals surface area (Å²) in [6.07, 6.45) is 4.70. The van der Waals surface area contributed by atoms with Gasteiger partial charge >= 0.3 is 0 Å². The zero-order valence-electron chi connectivity index (χ0n) is 15.4. The van der Waals surface area contributed by atoms with Gasteiger partial charge in [-0.3, -0.25) is 0 Å². The molecule has 0 aromatic heterocycles. The molecule has 0 atom stereocenters. The van der Waals surface area contributed by atoms with E-state index in [-0.39, 0.29) is 11.7 Å². The molecule has 0 radical (unpaired) electrons. The zero-order valence-corrected chi connectivity index (χ0v) is 15.4. The van der Waals surface area contributed by atoms with Gasteiger partial charge in [0, 0.05) is 0 Å². The van der Waals surface area contributed by atoms with Gasteiger partial charge in [0.1, 0.15) is 5.82 Å². The summed E-state index contributed by atoms with van der Waals surface area (Å²) in [5.41, 5.74) is 3.03. The van der Waals surface area contributed by atoms with Crippen molar-refractivity contribution in [3.63, 3.8) is 0 Å². The summed E-state index contributed by atoms with van der Waals surface area (Å²) in [6, 6.07) is 14.0. The van der Waals surface area contributed by atoms with E-state index in [0.717, 1.165) is 54.2 Å². The molecule has 3 heteroatoms. The molecule has 27 heavy (non-hydrogen) atoms. The van der Waals surface area contributed by atoms with Crippen molar-refractivity contribution < 1.29 is 13.2 Å². The van der Waals surface area contributed by atoms with Crippen molar-refractivity contribution in [2.24, 2.45) is 0 Å². The zero-order chi connectivity index (χ0) is 19.0. The largest absolute Gasteiger partial charge is 0.207 e. The number of fused-ring (bicyclic) bond motifs is 1. The summed E-state index contributed by atoms with van der Waals surface area (Å²) in [4.78, 5) is 0. The molecule has 0 heterocycles.